The Morgan fingerprint density at radius 2 is 2.19 bits per heavy atom. The highest BCUT2D eigenvalue weighted by Gasteiger charge is 2.25. The molecule has 7 heteroatoms. The maximum absolute atomic E-state index is 13.4. The topological polar surface area (TPSA) is 69.9 Å². The maximum atomic E-state index is 13.4. The average molecular weight is 373 g/mol. The van der Waals surface area contributed by atoms with E-state index in [0.717, 1.165) is 28.9 Å². The van der Waals surface area contributed by atoms with Crippen LogP contribution in [0.25, 0.3) is 0 Å². The van der Waals surface area contributed by atoms with Gasteiger partial charge >= 0.3 is 0 Å². The molecule has 4 rings (SSSR count). The maximum Gasteiger partial charge on any atom is 0.156 e. The summed E-state index contributed by atoms with van der Waals surface area (Å²) in [4.78, 5) is 8.94. The number of benzene rings is 1. The monoisotopic (exact) mass is 372 g/mol. The van der Waals surface area contributed by atoms with Crippen LogP contribution in [0.1, 0.15) is 29.5 Å². The van der Waals surface area contributed by atoms with E-state index in [4.69, 9.17) is 11.6 Å². The molecule has 0 saturated heterocycles. The van der Waals surface area contributed by atoms with Crippen LogP contribution in [0.5, 0.6) is 0 Å². The van der Waals surface area contributed by atoms with Gasteiger partial charge in [-0.2, -0.15) is 0 Å². The zero-order chi connectivity index (χ0) is 18.1. The Bertz CT molecular complexity index is 908. The van der Waals surface area contributed by atoms with Crippen molar-refractivity contribution in [1.82, 2.24) is 10.3 Å². The number of pyridine rings is 1. The van der Waals surface area contributed by atoms with Crippen molar-refractivity contribution in [3.8, 4) is 0 Å². The van der Waals surface area contributed by atoms with E-state index in [-0.39, 0.29) is 5.02 Å². The number of oxime groups is 1. The van der Waals surface area contributed by atoms with Crippen molar-refractivity contribution in [3.05, 3.63) is 58.0 Å². The molecule has 5 nitrogen and oxygen atoms in total. The highest BCUT2D eigenvalue weighted by atomic mass is 35.5. The zero-order valence-electron chi connectivity index (χ0n) is 14.0. The Kier molecular flexibility index (Phi) is 4.70. The molecule has 2 N–H and O–H groups in total. The lowest BCUT2D eigenvalue weighted by atomic mass is 9.97. The lowest BCUT2D eigenvalue weighted by Crippen LogP contribution is -2.25. The molecule has 1 aliphatic carbocycles. The molecular formula is C19H18ClFN4O. The summed E-state index contributed by atoms with van der Waals surface area (Å²) in [5, 5.41) is 16.5. The van der Waals surface area contributed by atoms with Crippen LogP contribution < -0.4 is 5.32 Å². The van der Waals surface area contributed by atoms with E-state index in [9.17, 15) is 9.60 Å². The molecule has 0 radical (unpaired) electrons. The fourth-order valence-electron chi connectivity index (χ4n) is 3.09. The first-order valence-corrected chi connectivity index (χ1v) is 8.95. The van der Waals surface area contributed by atoms with Crippen molar-refractivity contribution in [3.63, 3.8) is 0 Å². The standard InChI is InChI=1S/C19H18ClFN4O/c20-16-7-11(1-4-17(16)21)8-18(25-26)14-5-6-22-19-15(14)9-13(24-19)10-23-12-2-3-12/h1,4-7,12,23,26H,2-3,8-10H2/b25-18+. The first-order chi connectivity index (χ1) is 12.6. The Morgan fingerprint density at radius 3 is 2.92 bits per heavy atom. The van der Waals surface area contributed by atoms with Gasteiger partial charge in [0.15, 0.2) is 5.82 Å². The van der Waals surface area contributed by atoms with Gasteiger partial charge in [-0.05, 0) is 36.6 Å². The van der Waals surface area contributed by atoms with Crippen LogP contribution >= 0.6 is 11.6 Å². The molecule has 0 spiro atoms. The van der Waals surface area contributed by atoms with Gasteiger partial charge in [-0.25, -0.2) is 14.4 Å². The number of rotatable bonds is 6. The molecule has 0 unspecified atom stereocenters. The van der Waals surface area contributed by atoms with Gasteiger partial charge < -0.3 is 10.5 Å². The number of hydrogen-bond acceptors (Lipinski definition) is 5. The summed E-state index contributed by atoms with van der Waals surface area (Å²) in [5.74, 6) is 0.206. The second kappa shape index (κ2) is 7.13. The van der Waals surface area contributed by atoms with Crippen LogP contribution in [-0.2, 0) is 12.8 Å². The Hall–Kier alpha value is -2.31. The molecule has 1 fully saturated rings. The summed E-state index contributed by atoms with van der Waals surface area (Å²) in [5.41, 5.74) is 4.06. The van der Waals surface area contributed by atoms with Crippen LogP contribution in [0, 0.1) is 5.82 Å². The third-order valence-electron chi connectivity index (χ3n) is 4.64. The van der Waals surface area contributed by atoms with Gasteiger partial charge in [0.2, 0.25) is 0 Å². The molecule has 0 atom stereocenters. The first-order valence-electron chi connectivity index (χ1n) is 8.57. The molecule has 1 saturated carbocycles. The predicted molar refractivity (Wildman–Crippen MR) is 99.5 cm³/mol. The van der Waals surface area contributed by atoms with Gasteiger partial charge in [-0.15, -0.1) is 0 Å². The molecule has 134 valence electrons. The molecule has 2 heterocycles. The fraction of sp³-hybridized carbons (Fsp3) is 0.316. The average Bonchev–Trinajstić information content (AvgIpc) is 3.38. The van der Waals surface area contributed by atoms with E-state index in [1.54, 1.807) is 18.3 Å². The van der Waals surface area contributed by atoms with Gasteiger partial charge in [-0.3, -0.25) is 0 Å². The molecule has 0 bridgehead atoms. The summed E-state index contributed by atoms with van der Waals surface area (Å²) in [7, 11) is 0. The van der Waals surface area contributed by atoms with Gasteiger partial charge in [0.1, 0.15) is 5.82 Å². The smallest absolute Gasteiger partial charge is 0.156 e. The lowest BCUT2D eigenvalue weighted by Gasteiger charge is -2.10. The van der Waals surface area contributed by atoms with Crippen molar-refractivity contribution in [2.24, 2.45) is 10.1 Å². The van der Waals surface area contributed by atoms with Gasteiger partial charge in [0.05, 0.1) is 10.7 Å². The van der Waals surface area contributed by atoms with Crippen molar-refractivity contribution < 1.29 is 9.60 Å². The Morgan fingerprint density at radius 1 is 1.35 bits per heavy atom. The SMILES string of the molecule is O/N=C(\Cc1ccc(F)c(Cl)c1)c1ccnc2c1CC(CNC1CC1)=N2. The largest absolute Gasteiger partial charge is 0.411 e. The minimum Gasteiger partial charge on any atom is -0.411 e. The van der Waals surface area contributed by atoms with Crippen molar-refractivity contribution in [2.75, 3.05) is 6.54 Å². The Balaban J connectivity index is 1.54. The van der Waals surface area contributed by atoms with E-state index in [2.05, 4.69) is 20.4 Å². The Labute approximate surface area is 155 Å². The summed E-state index contributed by atoms with van der Waals surface area (Å²) >= 11 is 5.85. The predicted octanol–water partition coefficient (Wildman–Crippen LogP) is 3.68. The zero-order valence-corrected chi connectivity index (χ0v) is 14.8. The molecule has 1 aliphatic heterocycles. The molecular weight excluding hydrogens is 355 g/mol. The highest BCUT2D eigenvalue weighted by molar-refractivity contribution is 6.30. The number of hydrogen-bond donors (Lipinski definition) is 2. The molecule has 26 heavy (non-hydrogen) atoms. The number of nitrogens with one attached hydrogen (secondary N) is 1. The van der Waals surface area contributed by atoms with Crippen LogP contribution in [0.2, 0.25) is 5.02 Å². The fourth-order valence-corrected chi connectivity index (χ4v) is 3.30. The van der Waals surface area contributed by atoms with Gasteiger partial charge in [-0.1, -0.05) is 22.8 Å². The van der Waals surface area contributed by atoms with Crippen LogP contribution in [0.4, 0.5) is 10.2 Å². The van der Waals surface area contributed by atoms with Gasteiger partial charge in [0, 0.05) is 48.5 Å². The molecule has 2 aromatic rings. The highest BCUT2D eigenvalue weighted by Crippen LogP contribution is 2.29. The quantitative estimate of drug-likeness (QED) is 0.461. The number of nitrogens with zero attached hydrogens (tertiary/aromatic N) is 3. The van der Waals surface area contributed by atoms with E-state index >= 15 is 0 Å². The third kappa shape index (κ3) is 3.61. The first kappa shape index (κ1) is 17.1. The van der Waals surface area contributed by atoms with Crippen molar-refractivity contribution in [2.45, 2.75) is 31.7 Å². The van der Waals surface area contributed by atoms with E-state index in [1.165, 1.54) is 18.9 Å². The molecule has 1 aromatic carbocycles. The number of aromatic nitrogens is 1. The molecule has 0 amide bonds. The minimum atomic E-state index is -0.469. The van der Waals surface area contributed by atoms with Crippen molar-refractivity contribution >= 4 is 28.8 Å². The second-order valence-electron chi connectivity index (χ2n) is 6.64. The lowest BCUT2D eigenvalue weighted by molar-refractivity contribution is 0.318. The van der Waals surface area contributed by atoms with Gasteiger partial charge in [0.25, 0.3) is 0 Å². The van der Waals surface area contributed by atoms with Crippen LogP contribution in [0.15, 0.2) is 40.6 Å². The summed E-state index contributed by atoms with van der Waals surface area (Å²) in [6, 6.07) is 6.94. The summed E-state index contributed by atoms with van der Waals surface area (Å²) < 4.78 is 13.4. The molecule has 2 aliphatic rings. The van der Waals surface area contributed by atoms with Crippen LogP contribution in [-0.4, -0.2) is 34.2 Å². The normalized spacial score (nSPS) is 16.5. The number of halogens is 2. The van der Waals surface area contributed by atoms with E-state index in [1.807, 2.05) is 6.07 Å². The van der Waals surface area contributed by atoms with Crippen molar-refractivity contribution in [1.29, 1.82) is 0 Å². The molecule has 1 aromatic heterocycles. The van der Waals surface area contributed by atoms with Crippen LogP contribution in [0.3, 0.4) is 0 Å². The summed E-state index contributed by atoms with van der Waals surface area (Å²) in [6.45, 7) is 0.750. The van der Waals surface area contributed by atoms with E-state index < -0.39 is 5.82 Å². The number of fused-ring (bicyclic) bond motifs is 1. The minimum absolute atomic E-state index is 0.0523. The van der Waals surface area contributed by atoms with E-state index in [0.29, 0.717) is 30.4 Å². The third-order valence-corrected chi connectivity index (χ3v) is 4.93. The second-order valence-corrected chi connectivity index (χ2v) is 7.05. The summed E-state index contributed by atoms with van der Waals surface area (Å²) in [6.07, 6.45) is 5.14. The number of aliphatic imine (C=N–C) groups is 1.